The Hall–Kier alpha value is -0.490. The van der Waals surface area contributed by atoms with Crippen molar-refractivity contribution in [3.05, 3.63) is 16.1 Å². The molecule has 0 spiro atoms. The lowest BCUT2D eigenvalue weighted by atomic mass is 10.1. The Labute approximate surface area is 113 Å². The summed E-state index contributed by atoms with van der Waals surface area (Å²) in [4.78, 5) is 6.99. The summed E-state index contributed by atoms with van der Waals surface area (Å²) in [5.41, 5.74) is 6.59. The molecule has 1 aliphatic rings. The zero-order valence-electron chi connectivity index (χ0n) is 11.1. The Bertz CT molecular complexity index is 348. The van der Waals surface area contributed by atoms with Crippen LogP contribution in [0.2, 0.25) is 0 Å². The van der Waals surface area contributed by atoms with Crippen LogP contribution in [0, 0.1) is 6.92 Å². The molecule has 4 nitrogen and oxygen atoms in total. The molecule has 1 aromatic rings. The normalized spacial score (nSPS) is 18.3. The summed E-state index contributed by atoms with van der Waals surface area (Å²) in [6.45, 7) is 6.82. The first kappa shape index (κ1) is 13.9. The maximum Gasteiger partial charge on any atom is 0.107 e. The lowest BCUT2D eigenvalue weighted by Gasteiger charge is -2.31. The molecule has 2 heterocycles. The number of thiazole rings is 1. The number of piperidine rings is 1. The van der Waals surface area contributed by atoms with Gasteiger partial charge < -0.3 is 10.5 Å². The second-order valence-electron chi connectivity index (χ2n) is 4.87. The van der Waals surface area contributed by atoms with Crippen LogP contribution in [0.4, 0.5) is 0 Å². The molecule has 1 aliphatic heterocycles. The summed E-state index contributed by atoms with van der Waals surface area (Å²) in [6.07, 6.45) is 3.67. The molecule has 2 rings (SSSR count). The average molecular weight is 269 g/mol. The highest BCUT2D eigenvalue weighted by atomic mass is 32.1. The predicted octanol–water partition coefficient (Wildman–Crippen LogP) is 1.78. The third-order valence-corrected chi connectivity index (χ3v) is 4.21. The first-order valence-corrected chi connectivity index (χ1v) is 7.61. The minimum Gasteiger partial charge on any atom is -0.378 e. The second kappa shape index (κ2) is 7.19. The van der Waals surface area contributed by atoms with Crippen LogP contribution in [0.25, 0.3) is 0 Å². The van der Waals surface area contributed by atoms with Gasteiger partial charge in [0.05, 0.1) is 12.6 Å². The van der Waals surface area contributed by atoms with Gasteiger partial charge in [0.15, 0.2) is 0 Å². The number of nitrogens with zero attached hydrogens (tertiary/aromatic N) is 2. The first-order chi connectivity index (χ1) is 8.78. The highest BCUT2D eigenvalue weighted by Gasteiger charge is 2.20. The molecule has 0 unspecified atom stereocenters. The summed E-state index contributed by atoms with van der Waals surface area (Å²) >= 11 is 1.76. The molecule has 0 atom stereocenters. The van der Waals surface area contributed by atoms with E-state index < -0.39 is 0 Å². The minimum atomic E-state index is 0.436. The Kier molecular flexibility index (Phi) is 5.56. The van der Waals surface area contributed by atoms with E-state index in [4.69, 9.17) is 10.5 Å². The van der Waals surface area contributed by atoms with Crippen LogP contribution >= 0.6 is 11.3 Å². The number of aromatic nitrogens is 1. The first-order valence-electron chi connectivity index (χ1n) is 6.73. The molecule has 1 fully saturated rings. The van der Waals surface area contributed by atoms with Gasteiger partial charge in [-0.25, -0.2) is 4.98 Å². The van der Waals surface area contributed by atoms with Gasteiger partial charge >= 0.3 is 0 Å². The summed E-state index contributed by atoms with van der Waals surface area (Å²) in [7, 11) is 0. The second-order valence-corrected chi connectivity index (χ2v) is 5.81. The van der Waals surface area contributed by atoms with Crippen molar-refractivity contribution in [3.8, 4) is 0 Å². The number of likely N-dealkylation sites (tertiary alicyclic amines) is 1. The number of hydrogen-bond acceptors (Lipinski definition) is 5. The topological polar surface area (TPSA) is 51.4 Å². The van der Waals surface area contributed by atoms with Gasteiger partial charge in [0.2, 0.25) is 0 Å². The lowest BCUT2D eigenvalue weighted by molar-refractivity contribution is 0.00562. The Morgan fingerprint density at radius 2 is 2.28 bits per heavy atom. The molecule has 5 heteroatoms. The molecule has 0 amide bonds. The van der Waals surface area contributed by atoms with Crippen molar-refractivity contribution >= 4 is 11.3 Å². The number of hydrogen-bond donors (Lipinski definition) is 1. The fourth-order valence-electron chi connectivity index (χ4n) is 2.23. The van der Waals surface area contributed by atoms with Gasteiger partial charge in [0, 0.05) is 30.8 Å². The van der Waals surface area contributed by atoms with E-state index in [1.807, 2.05) is 0 Å². The van der Waals surface area contributed by atoms with Crippen molar-refractivity contribution in [1.82, 2.24) is 9.88 Å². The van der Waals surface area contributed by atoms with Crippen LogP contribution in [0.1, 0.15) is 30.0 Å². The molecule has 0 bridgehead atoms. The number of rotatable bonds is 6. The van der Waals surface area contributed by atoms with E-state index >= 15 is 0 Å². The summed E-state index contributed by atoms with van der Waals surface area (Å²) in [5.74, 6) is 0. The van der Waals surface area contributed by atoms with Crippen LogP contribution in [0.15, 0.2) is 5.38 Å². The van der Waals surface area contributed by atoms with Crippen LogP contribution in [-0.2, 0) is 11.3 Å². The minimum absolute atomic E-state index is 0.436. The molecular formula is C13H23N3OS. The highest BCUT2D eigenvalue weighted by molar-refractivity contribution is 7.09. The predicted molar refractivity (Wildman–Crippen MR) is 74.8 cm³/mol. The van der Waals surface area contributed by atoms with Crippen LogP contribution < -0.4 is 5.73 Å². The van der Waals surface area contributed by atoms with Crippen molar-refractivity contribution in [2.45, 2.75) is 38.8 Å². The van der Waals surface area contributed by atoms with Gasteiger partial charge in [-0.15, -0.1) is 11.3 Å². The van der Waals surface area contributed by atoms with Crippen LogP contribution in [0.3, 0.4) is 0 Å². The SMILES string of the molecule is Cc1csc(CN2CCC(OCCCN)CC2)n1. The molecule has 0 saturated carbocycles. The molecule has 1 saturated heterocycles. The molecule has 0 aliphatic carbocycles. The summed E-state index contributed by atoms with van der Waals surface area (Å²) in [6, 6.07) is 0. The maximum atomic E-state index is 5.81. The molecule has 0 aromatic carbocycles. The molecule has 18 heavy (non-hydrogen) atoms. The van der Waals surface area contributed by atoms with Crippen molar-refractivity contribution in [2.24, 2.45) is 5.73 Å². The smallest absolute Gasteiger partial charge is 0.107 e. The average Bonchev–Trinajstić information content (AvgIpc) is 2.77. The zero-order chi connectivity index (χ0) is 12.8. The number of ether oxygens (including phenoxy) is 1. The number of aryl methyl sites for hydroxylation is 1. The fraction of sp³-hybridized carbons (Fsp3) is 0.769. The van der Waals surface area contributed by atoms with E-state index in [0.717, 1.165) is 57.7 Å². The summed E-state index contributed by atoms with van der Waals surface area (Å²) < 4.78 is 5.81. The van der Waals surface area contributed by atoms with Crippen LogP contribution in [0.5, 0.6) is 0 Å². The Morgan fingerprint density at radius 3 is 2.89 bits per heavy atom. The molecular weight excluding hydrogens is 246 g/mol. The van der Waals surface area contributed by atoms with Crippen molar-refractivity contribution < 1.29 is 4.74 Å². The third kappa shape index (κ3) is 4.31. The van der Waals surface area contributed by atoms with Crippen LogP contribution in [-0.4, -0.2) is 42.2 Å². The third-order valence-electron chi connectivity index (χ3n) is 3.26. The molecule has 102 valence electrons. The lowest BCUT2D eigenvalue weighted by Crippen LogP contribution is -2.36. The van der Waals surface area contributed by atoms with Gasteiger partial charge in [0.1, 0.15) is 5.01 Å². The van der Waals surface area contributed by atoms with E-state index in [2.05, 4.69) is 22.2 Å². The monoisotopic (exact) mass is 269 g/mol. The van der Waals surface area contributed by atoms with Crippen molar-refractivity contribution in [2.75, 3.05) is 26.2 Å². The van der Waals surface area contributed by atoms with Gasteiger partial charge in [-0.1, -0.05) is 0 Å². The van der Waals surface area contributed by atoms with Gasteiger partial charge in [0.25, 0.3) is 0 Å². The Balaban J connectivity index is 1.67. The zero-order valence-corrected chi connectivity index (χ0v) is 11.9. The Morgan fingerprint density at radius 1 is 1.50 bits per heavy atom. The summed E-state index contributed by atoms with van der Waals surface area (Å²) in [5, 5.41) is 3.35. The molecule has 0 radical (unpaired) electrons. The fourth-order valence-corrected chi connectivity index (χ4v) is 3.05. The molecule has 1 aromatic heterocycles. The van der Waals surface area contributed by atoms with E-state index in [9.17, 15) is 0 Å². The van der Waals surface area contributed by atoms with E-state index in [1.165, 1.54) is 5.01 Å². The van der Waals surface area contributed by atoms with Gasteiger partial charge in [-0.2, -0.15) is 0 Å². The van der Waals surface area contributed by atoms with E-state index in [-0.39, 0.29) is 0 Å². The van der Waals surface area contributed by atoms with Crippen molar-refractivity contribution in [1.29, 1.82) is 0 Å². The van der Waals surface area contributed by atoms with E-state index in [1.54, 1.807) is 11.3 Å². The highest BCUT2D eigenvalue weighted by Crippen LogP contribution is 2.18. The van der Waals surface area contributed by atoms with Gasteiger partial charge in [-0.05, 0) is 32.7 Å². The number of nitrogens with two attached hydrogens (primary N) is 1. The van der Waals surface area contributed by atoms with E-state index in [0.29, 0.717) is 6.10 Å². The van der Waals surface area contributed by atoms with Gasteiger partial charge in [-0.3, -0.25) is 4.90 Å². The van der Waals surface area contributed by atoms with Crippen molar-refractivity contribution in [3.63, 3.8) is 0 Å². The standard InChI is InChI=1S/C13H23N3OS/c1-11-10-18-13(15-11)9-16-6-3-12(4-7-16)17-8-2-5-14/h10,12H,2-9,14H2,1H3. The quantitative estimate of drug-likeness (QED) is 0.800. The maximum absolute atomic E-state index is 5.81. The largest absolute Gasteiger partial charge is 0.378 e. The molecule has 2 N–H and O–H groups in total.